The normalized spacial score (nSPS) is 10.4. The highest BCUT2D eigenvalue weighted by Crippen LogP contribution is 2.17. The fourth-order valence-electron chi connectivity index (χ4n) is 1.35. The first kappa shape index (κ1) is 8.90. The molecule has 0 saturated heterocycles. The second-order valence-electron chi connectivity index (χ2n) is 3.06. The number of hydrogen-bond acceptors (Lipinski definition) is 3. The summed E-state index contributed by atoms with van der Waals surface area (Å²) in [6, 6.07) is 4.00. The van der Waals surface area contributed by atoms with Crippen molar-refractivity contribution >= 4 is 0 Å². The Morgan fingerprint density at radius 1 is 1.36 bits per heavy atom. The molecule has 4 heteroatoms. The summed E-state index contributed by atoms with van der Waals surface area (Å²) < 4.78 is 0. The van der Waals surface area contributed by atoms with Gasteiger partial charge in [-0.3, -0.25) is 10.1 Å². The molecule has 14 heavy (non-hydrogen) atoms. The molecule has 0 aliphatic rings. The molecule has 0 radical (unpaired) electrons. The minimum absolute atomic E-state index is 0.627. The van der Waals surface area contributed by atoms with Crippen LogP contribution in [0.5, 0.6) is 0 Å². The number of nitrogens with zero attached hydrogens (tertiary/aromatic N) is 2. The predicted molar refractivity (Wildman–Crippen MR) is 54.6 cm³/mol. The molecule has 0 bridgehead atoms. The lowest BCUT2D eigenvalue weighted by molar-refractivity contribution is 0.924. The number of hydrogen-bond donors (Lipinski definition) is 2. The molecule has 2 heterocycles. The number of nitrogens with one attached hydrogen (secondary N) is 1. The molecule has 0 amide bonds. The molecule has 2 aromatic rings. The first-order valence-corrected chi connectivity index (χ1v) is 4.54. The zero-order chi connectivity index (χ0) is 9.80. The standard InChI is InChI=1S/C10H12N4/c11-3-1-10-5-8(2-4-12-10)9-6-13-14-7-9/h2,4-7H,1,3,11H2,(H,13,14). The Morgan fingerprint density at radius 3 is 3.00 bits per heavy atom. The van der Waals surface area contributed by atoms with Crippen LogP contribution in [-0.2, 0) is 6.42 Å². The number of aromatic amines is 1. The maximum absolute atomic E-state index is 5.47. The third-order valence-electron chi connectivity index (χ3n) is 2.05. The van der Waals surface area contributed by atoms with Gasteiger partial charge in [0.1, 0.15) is 0 Å². The average molecular weight is 188 g/mol. The predicted octanol–water partition coefficient (Wildman–Crippen LogP) is 0.973. The van der Waals surface area contributed by atoms with Gasteiger partial charge in [-0.25, -0.2) is 0 Å². The molecule has 0 spiro atoms. The molecule has 3 N–H and O–H groups in total. The Morgan fingerprint density at radius 2 is 2.29 bits per heavy atom. The molecule has 0 fully saturated rings. The van der Waals surface area contributed by atoms with Gasteiger partial charge in [0, 0.05) is 30.1 Å². The summed E-state index contributed by atoms with van der Waals surface area (Å²) in [5.74, 6) is 0. The Bertz CT molecular complexity index is 394. The fraction of sp³-hybridized carbons (Fsp3) is 0.200. The Hall–Kier alpha value is -1.68. The van der Waals surface area contributed by atoms with Gasteiger partial charge in [-0.05, 0) is 24.2 Å². The number of aromatic nitrogens is 3. The fourth-order valence-corrected chi connectivity index (χ4v) is 1.35. The van der Waals surface area contributed by atoms with E-state index in [1.165, 1.54) is 0 Å². The minimum atomic E-state index is 0.627. The van der Waals surface area contributed by atoms with Gasteiger partial charge in [0.15, 0.2) is 0 Å². The van der Waals surface area contributed by atoms with Crippen LogP contribution in [0.4, 0.5) is 0 Å². The number of H-pyrrole nitrogens is 1. The van der Waals surface area contributed by atoms with Gasteiger partial charge in [0.25, 0.3) is 0 Å². The topological polar surface area (TPSA) is 67.6 Å². The molecule has 72 valence electrons. The highest BCUT2D eigenvalue weighted by Gasteiger charge is 2.00. The summed E-state index contributed by atoms with van der Waals surface area (Å²) in [6.45, 7) is 0.627. The monoisotopic (exact) mass is 188 g/mol. The lowest BCUT2D eigenvalue weighted by Gasteiger charge is -2.00. The van der Waals surface area contributed by atoms with Crippen LogP contribution < -0.4 is 5.73 Å². The van der Waals surface area contributed by atoms with Gasteiger partial charge in [-0.1, -0.05) is 0 Å². The third kappa shape index (κ3) is 1.80. The first-order chi connectivity index (χ1) is 6.90. The smallest absolute Gasteiger partial charge is 0.0565 e. The van der Waals surface area contributed by atoms with E-state index in [-0.39, 0.29) is 0 Å². The molecule has 0 aliphatic carbocycles. The maximum Gasteiger partial charge on any atom is 0.0565 e. The SMILES string of the molecule is NCCc1cc(-c2cn[nH]c2)ccn1. The lowest BCUT2D eigenvalue weighted by Crippen LogP contribution is -2.04. The Labute approximate surface area is 82.2 Å². The van der Waals surface area contributed by atoms with Crippen LogP contribution in [-0.4, -0.2) is 21.7 Å². The van der Waals surface area contributed by atoms with Crippen LogP contribution in [0, 0.1) is 0 Å². The summed E-state index contributed by atoms with van der Waals surface area (Å²) in [7, 11) is 0. The van der Waals surface area contributed by atoms with Crippen molar-refractivity contribution in [3.8, 4) is 11.1 Å². The van der Waals surface area contributed by atoms with E-state index in [9.17, 15) is 0 Å². The molecule has 0 aliphatic heterocycles. The van der Waals surface area contributed by atoms with Crippen molar-refractivity contribution < 1.29 is 0 Å². The minimum Gasteiger partial charge on any atom is -0.330 e. The molecule has 0 saturated carbocycles. The van der Waals surface area contributed by atoms with E-state index in [1.54, 1.807) is 12.4 Å². The van der Waals surface area contributed by atoms with Gasteiger partial charge < -0.3 is 5.73 Å². The van der Waals surface area contributed by atoms with Crippen molar-refractivity contribution in [1.29, 1.82) is 0 Å². The third-order valence-corrected chi connectivity index (χ3v) is 2.05. The lowest BCUT2D eigenvalue weighted by atomic mass is 10.1. The number of rotatable bonds is 3. The molecule has 2 rings (SSSR count). The molecule has 4 nitrogen and oxygen atoms in total. The first-order valence-electron chi connectivity index (χ1n) is 4.54. The van der Waals surface area contributed by atoms with Crippen LogP contribution in [0.1, 0.15) is 5.69 Å². The van der Waals surface area contributed by atoms with Crippen molar-refractivity contribution in [2.24, 2.45) is 5.73 Å². The van der Waals surface area contributed by atoms with Crippen LogP contribution in [0.3, 0.4) is 0 Å². The van der Waals surface area contributed by atoms with Crippen molar-refractivity contribution in [2.75, 3.05) is 6.54 Å². The quantitative estimate of drug-likeness (QED) is 0.754. The van der Waals surface area contributed by atoms with E-state index in [1.807, 2.05) is 18.3 Å². The van der Waals surface area contributed by atoms with Gasteiger partial charge in [-0.2, -0.15) is 5.10 Å². The highest BCUT2D eigenvalue weighted by molar-refractivity contribution is 5.61. The van der Waals surface area contributed by atoms with Crippen molar-refractivity contribution in [3.63, 3.8) is 0 Å². The maximum atomic E-state index is 5.47. The van der Waals surface area contributed by atoms with Gasteiger partial charge in [-0.15, -0.1) is 0 Å². The van der Waals surface area contributed by atoms with Crippen molar-refractivity contribution in [1.82, 2.24) is 15.2 Å². The number of pyridine rings is 1. The van der Waals surface area contributed by atoms with E-state index in [2.05, 4.69) is 15.2 Å². The van der Waals surface area contributed by atoms with Crippen LogP contribution in [0.15, 0.2) is 30.7 Å². The number of nitrogens with two attached hydrogens (primary N) is 1. The second-order valence-corrected chi connectivity index (χ2v) is 3.06. The van der Waals surface area contributed by atoms with Crippen LogP contribution >= 0.6 is 0 Å². The molecular formula is C10H12N4. The molecule has 2 aromatic heterocycles. The summed E-state index contributed by atoms with van der Waals surface area (Å²) in [5, 5.41) is 6.69. The molecule has 0 atom stereocenters. The Kier molecular flexibility index (Phi) is 2.55. The highest BCUT2D eigenvalue weighted by atomic mass is 15.1. The summed E-state index contributed by atoms with van der Waals surface area (Å²) in [5.41, 5.74) is 8.69. The van der Waals surface area contributed by atoms with Gasteiger partial charge in [0.05, 0.1) is 6.20 Å². The van der Waals surface area contributed by atoms with E-state index < -0.39 is 0 Å². The van der Waals surface area contributed by atoms with E-state index in [4.69, 9.17) is 5.73 Å². The summed E-state index contributed by atoms with van der Waals surface area (Å²) in [4.78, 5) is 4.23. The zero-order valence-corrected chi connectivity index (χ0v) is 7.77. The second kappa shape index (κ2) is 4.02. The molecule has 0 aromatic carbocycles. The van der Waals surface area contributed by atoms with E-state index in [0.29, 0.717) is 6.54 Å². The molecule has 0 unspecified atom stereocenters. The van der Waals surface area contributed by atoms with Crippen LogP contribution in [0.25, 0.3) is 11.1 Å². The Balaban J connectivity index is 2.31. The average Bonchev–Trinajstić information content (AvgIpc) is 2.71. The van der Waals surface area contributed by atoms with E-state index in [0.717, 1.165) is 23.2 Å². The molecular weight excluding hydrogens is 176 g/mol. The van der Waals surface area contributed by atoms with Crippen molar-refractivity contribution in [2.45, 2.75) is 6.42 Å². The van der Waals surface area contributed by atoms with Gasteiger partial charge in [0.2, 0.25) is 0 Å². The van der Waals surface area contributed by atoms with Crippen LogP contribution in [0.2, 0.25) is 0 Å². The zero-order valence-electron chi connectivity index (χ0n) is 7.77. The summed E-state index contributed by atoms with van der Waals surface area (Å²) >= 11 is 0. The van der Waals surface area contributed by atoms with Crippen molar-refractivity contribution in [3.05, 3.63) is 36.4 Å². The van der Waals surface area contributed by atoms with Gasteiger partial charge >= 0.3 is 0 Å². The van der Waals surface area contributed by atoms with E-state index >= 15 is 0 Å². The largest absolute Gasteiger partial charge is 0.330 e. The summed E-state index contributed by atoms with van der Waals surface area (Å²) in [6.07, 6.45) is 6.27.